The number of hydrogen-bond donors (Lipinski definition) is 1. The van der Waals surface area contributed by atoms with Gasteiger partial charge in [0.05, 0.1) is 13.2 Å². The third-order valence-electron chi connectivity index (χ3n) is 5.23. The van der Waals surface area contributed by atoms with E-state index in [0.29, 0.717) is 12.1 Å². The van der Waals surface area contributed by atoms with Crippen molar-refractivity contribution in [3.63, 3.8) is 0 Å². The standard InChI is InChI=1S/C15H29N3O2/c1-12(2)17-5-7-18(8-6-17)14-11-15(4-3-13(14)16)19-9-10-20-15/h12-14H,3-11,16H2,1-2H3. The third-order valence-corrected chi connectivity index (χ3v) is 5.23. The molecule has 2 heterocycles. The number of hydrogen-bond acceptors (Lipinski definition) is 5. The summed E-state index contributed by atoms with van der Waals surface area (Å²) in [6.45, 7) is 10.6. The smallest absolute Gasteiger partial charge is 0.170 e. The normalized spacial score (nSPS) is 36.0. The average molecular weight is 283 g/mol. The van der Waals surface area contributed by atoms with E-state index < -0.39 is 0 Å². The third kappa shape index (κ3) is 2.88. The van der Waals surface area contributed by atoms with Gasteiger partial charge < -0.3 is 15.2 Å². The van der Waals surface area contributed by atoms with E-state index in [4.69, 9.17) is 15.2 Å². The Morgan fingerprint density at radius 1 is 1.10 bits per heavy atom. The summed E-state index contributed by atoms with van der Waals surface area (Å²) in [7, 11) is 0. The predicted octanol–water partition coefficient (Wildman–Crippen LogP) is 0.635. The van der Waals surface area contributed by atoms with Crippen molar-refractivity contribution in [2.75, 3.05) is 39.4 Å². The zero-order valence-electron chi connectivity index (χ0n) is 12.9. The Kier molecular flexibility index (Phi) is 4.34. The van der Waals surface area contributed by atoms with E-state index >= 15 is 0 Å². The summed E-state index contributed by atoms with van der Waals surface area (Å²) < 4.78 is 11.8. The fourth-order valence-electron chi connectivity index (χ4n) is 3.90. The van der Waals surface area contributed by atoms with E-state index in [9.17, 15) is 0 Å². The summed E-state index contributed by atoms with van der Waals surface area (Å²) >= 11 is 0. The van der Waals surface area contributed by atoms with Crippen LogP contribution in [0.5, 0.6) is 0 Å². The fourth-order valence-corrected chi connectivity index (χ4v) is 3.90. The van der Waals surface area contributed by atoms with Crippen LogP contribution in [0, 0.1) is 0 Å². The Morgan fingerprint density at radius 2 is 1.75 bits per heavy atom. The maximum absolute atomic E-state index is 6.39. The topological polar surface area (TPSA) is 51.0 Å². The van der Waals surface area contributed by atoms with Crippen molar-refractivity contribution in [1.29, 1.82) is 0 Å². The maximum Gasteiger partial charge on any atom is 0.170 e. The summed E-state index contributed by atoms with van der Waals surface area (Å²) in [5.74, 6) is -0.324. The molecule has 2 saturated heterocycles. The first-order valence-corrected chi connectivity index (χ1v) is 8.11. The Morgan fingerprint density at radius 3 is 2.35 bits per heavy atom. The Hall–Kier alpha value is -0.200. The van der Waals surface area contributed by atoms with E-state index in [-0.39, 0.29) is 11.8 Å². The second-order valence-electron chi connectivity index (χ2n) is 6.75. The zero-order valence-corrected chi connectivity index (χ0v) is 12.9. The molecule has 2 unspecified atom stereocenters. The quantitative estimate of drug-likeness (QED) is 0.806. The highest BCUT2D eigenvalue weighted by Gasteiger charge is 2.46. The van der Waals surface area contributed by atoms with E-state index in [1.807, 2.05) is 0 Å². The molecule has 5 heteroatoms. The molecule has 0 aromatic heterocycles. The molecule has 116 valence electrons. The second kappa shape index (κ2) is 5.89. The van der Waals surface area contributed by atoms with Gasteiger partial charge >= 0.3 is 0 Å². The van der Waals surface area contributed by atoms with Gasteiger partial charge in [-0.15, -0.1) is 0 Å². The fraction of sp³-hybridized carbons (Fsp3) is 1.00. The monoisotopic (exact) mass is 283 g/mol. The van der Waals surface area contributed by atoms with Gasteiger partial charge in [0.15, 0.2) is 5.79 Å². The van der Waals surface area contributed by atoms with Crippen LogP contribution in [0.1, 0.15) is 33.1 Å². The first kappa shape index (κ1) is 14.7. The van der Waals surface area contributed by atoms with Crippen LogP contribution in [-0.2, 0) is 9.47 Å². The Balaban J connectivity index is 1.60. The summed E-state index contributed by atoms with van der Waals surface area (Å²) in [5.41, 5.74) is 6.39. The molecule has 3 fully saturated rings. The Labute approximate surface area is 122 Å². The summed E-state index contributed by atoms with van der Waals surface area (Å²) in [4.78, 5) is 5.11. The summed E-state index contributed by atoms with van der Waals surface area (Å²) in [6.07, 6.45) is 2.90. The van der Waals surface area contributed by atoms with Crippen LogP contribution >= 0.6 is 0 Å². The van der Waals surface area contributed by atoms with Crippen LogP contribution in [0.15, 0.2) is 0 Å². The molecule has 0 bridgehead atoms. The van der Waals surface area contributed by atoms with Crippen molar-refractivity contribution >= 4 is 0 Å². The molecule has 2 atom stereocenters. The molecule has 1 saturated carbocycles. The first-order valence-electron chi connectivity index (χ1n) is 8.11. The van der Waals surface area contributed by atoms with Crippen LogP contribution < -0.4 is 5.73 Å². The summed E-state index contributed by atoms with van der Waals surface area (Å²) in [5, 5.41) is 0. The van der Waals surface area contributed by atoms with E-state index in [1.54, 1.807) is 0 Å². The Bertz CT molecular complexity index is 323. The van der Waals surface area contributed by atoms with Crippen molar-refractivity contribution in [1.82, 2.24) is 9.80 Å². The van der Waals surface area contributed by atoms with Gasteiger partial charge in [0.2, 0.25) is 0 Å². The van der Waals surface area contributed by atoms with E-state index in [1.165, 1.54) is 0 Å². The minimum absolute atomic E-state index is 0.263. The molecule has 2 N–H and O–H groups in total. The van der Waals surface area contributed by atoms with Gasteiger partial charge in [0.1, 0.15) is 0 Å². The summed E-state index contributed by atoms with van der Waals surface area (Å²) in [6, 6.07) is 1.32. The van der Waals surface area contributed by atoms with Crippen molar-refractivity contribution in [2.45, 2.75) is 57.0 Å². The minimum atomic E-state index is -0.324. The van der Waals surface area contributed by atoms with Gasteiger partial charge in [-0.05, 0) is 20.3 Å². The molecular weight excluding hydrogens is 254 g/mol. The highest BCUT2D eigenvalue weighted by molar-refractivity contribution is 4.96. The molecule has 0 aromatic carbocycles. The van der Waals surface area contributed by atoms with Gasteiger partial charge in [0, 0.05) is 57.1 Å². The van der Waals surface area contributed by atoms with Crippen LogP contribution in [0.3, 0.4) is 0 Å². The van der Waals surface area contributed by atoms with E-state index in [0.717, 1.165) is 58.7 Å². The molecule has 2 aliphatic heterocycles. The average Bonchev–Trinajstić information content (AvgIpc) is 2.90. The maximum atomic E-state index is 6.39. The number of piperazine rings is 1. The molecular formula is C15H29N3O2. The largest absolute Gasteiger partial charge is 0.347 e. The molecule has 3 aliphatic rings. The van der Waals surface area contributed by atoms with Gasteiger partial charge in [-0.2, -0.15) is 0 Å². The van der Waals surface area contributed by atoms with Crippen LogP contribution in [0.25, 0.3) is 0 Å². The number of nitrogens with zero attached hydrogens (tertiary/aromatic N) is 2. The van der Waals surface area contributed by atoms with E-state index in [2.05, 4.69) is 23.6 Å². The lowest BCUT2D eigenvalue weighted by atomic mass is 9.85. The zero-order chi connectivity index (χ0) is 14.2. The van der Waals surface area contributed by atoms with Crippen LogP contribution in [0.2, 0.25) is 0 Å². The first-order chi connectivity index (χ1) is 9.60. The van der Waals surface area contributed by atoms with Gasteiger partial charge in [-0.25, -0.2) is 0 Å². The lowest BCUT2D eigenvalue weighted by molar-refractivity contribution is -0.193. The molecule has 3 rings (SSSR count). The molecule has 20 heavy (non-hydrogen) atoms. The van der Waals surface area contributed by atoms with Gasteiger partial charge in [0.25, 0.3) is 0 Å². The number of nitrogens with two attached hydrogens (primary N) is 1. The minimum Gasteiger partial charge on any atom is -0.347 e. The molecule has 5 nitrogen and oxygen atoms in total. The SMILES string of the molecule is CC(C)N1CCN(C2CC3(CCC2N)OCCO3)CC1. The predicted molar refractivity (Wildman–Crippen MR) is 78.5 cm³/mol. The number of ether oxygens (including phenoxy) is 2. The van der Waals surface area contributed by atoms with Crippen molar-refractivity contribution in [3.8, 4) is 0 Å². The molecule has 0 radical (unpaired) electrons. The molecule has 1 aliphatic carbocycles. The lowest BCUT2D eigenvalue weighted by Gasteiger charge is -2.47. The van der Waals surface area contributed by atoms with Gasteiger partial charge in [-0.3, -0.25) is 9.80 Å². The molecule has 0 amide bonds. The van der Waals surface area contributed by atoms with Crippen molar-refractivity contribution < 1.29 is 9.47 Å². The highest BCUT2D eigenvalue weighted by Crippen LogP contribution is 2.37. The lowest BCUT2D eigenvalue weighted by Crippen LogP contribution is -2.60. The van der Waals surface area contributed by atoms with Crippen molar-refractivity contribution in [3.05, 3.63) is 0 Å². The van der Waals surface area contributed by atoms with Crippen LogP contribution in [0.4, 0.5) is 0 Å². The van der Waals surface area contributed by atoms with Crippen LogP contribution in [-0.4, -0.2) is 73.1 Å². The second-order valence-corrected chi connectivity index (χ2v) is 6.75. The highest BCUT2D eigenvalue weighted by atomic mass is 16.7. The molecule has 1 spiro atoms. The molecule has 0 aromatic rings. The number of rotatable bonds is 2. The van der Waals surface area contributed by atoms with Crippen molar-refractivity contribution in [2.24, 2.45) is 5.73 Å². The van der Waals surface area contributed by atoms with Gasteiger partial charge in [-0.1, -0.05) is 0 Å².